The molecule has 0 fully saturated rings. The number of fused-ring (bicyclic) bond motifs is 1. The Bertz CT molecular complexity index is 882. The minimum Gasteiger partial charge on any atom is -0.467 e. The highest BCUT2D eigenvalue weighted by atomic mass is 79.9. The van der Waals surface area contributed by atoms with Crippen molar-refractivity contribution in [1.29, 1.82) is 0 Å². The van der Waals surface area contributed by atoms with Crippen molar-refractivity contribution in [3.63, 3.8) is 0 Å². The molecule has 0 saturated heterocycles. The lowest BCUT2D eigenvalue weighted by atomic mass is 10.0. The van der Waals surface area contributed by atoms with Gasteiger partial charge >= 0.3 is 11.7 Å². The highest BCUT2D eigenvalue weighted by Gasteiger charge is 2.24. The smallest absolute Gasteiger partial charge is 0.328 e. The van der Waals surface area contributed by atoms with Gasteiger partial charge in [-0.15, -0.1) is 0 Å². The second kappa shape index (κ2) is 7.43. The maximum atomic E-state index is 12.7. The SMILES string of the molecule is COC(=O)C(CC(C)C)NC(=O)c1cc2c(cc1Br)n(C)c(=O)n2C. The van der Waals surface area contributed by atoms with E-state index < -0.39 is 17.9 Å². The Kier molecular flexibility index (Phi) is 5.72. The number of nitrogens with zero attached hydrogens (tertiary/aromatic N) is 2. The molecule has 0 aliphatic rings. The molecule has 1 N–H and O–H groups in total. The van der Waals surface area contributed by atoms with Crippen LogP contribution < -0.4 is 11.0 Å². The second-order valence-electron chi connectivity index (χ2n) is 6.40. The maximum absolute atomic E-state index is 12.7. The van der Waals surface area contributed by atoms with E-state index in [0.717, 1.165) is 0 Å². The van der Waals surface area contributed by atoms with Gasteiger partial charge in [-0.05, 0) is 40.4 Å². The highest BCUT2D eigenvalue weighted by molar-refractivity contribution is 9.10. The number of hydrogen-bond acceptors (Lipinski definition) is 4. The molecule has 0 aliphatic carbocycles. The lowest BCUT2D eigenvalue weighted by molar-refractivity contribution is -0.143. The third kappa shape index (κ3) is 3.78. The molecule has 0 aliphatic heterocycles. The molecule has 0 saturated carbocycles. The average molecular weight is 412 g/mol. The van der Waals surface area contributed by atoms with E-state index in [1.165, 1.54) is 16.2 Å². The van der Waals surface area contributed by atoms with Gasteiger partial charge in [-0.1, -0.05) is 13.8 Å². The molecule has 1 unspecified atom stereocenters. The van der Waals surface area contributed by atoms with Crippen molar-refractivity contribution >= 4 is 38.8 Å². The van der Waals surface area contributed by atoms with Gasteiger partial charge in [0.2, 0.25) is 0 Å². The van der Waals surface area contributed by atoms with E-state index in [1.54, 1.807) is 26.2 Å². The zero-order chi connectivity index (χ0) is 18.9. The van der Waals surface area contributed by atoms with Gasteiger partial charge in [-0.2, -0.15) is 0 Å². The van der Waals surface area contributed by atoms with Crippen LogP contribution in [0.25, 0.3) is 11.0 Å². The van der Waals surface area contributed by atoms with E-state index in [4.69, 9.17) is 4.74 Å². The summed E-state index contributed by atoms with van der Waals surface area (Å²) in [5.74, 6) is -0.669. The van der Waals surface area contributed by atoms with Crippen molar-refractivity contribution in [1.82, 2.24) is 14.5 Å². The number of nitrogens with one attached hydrogen (secondary N) is 1. The molecule has 1 atom stereocenters. The number of ether oxygens (including phenoxy) is 1. The number of methoxy groups -OCH3 is 1. The van der Waals surface area contributed by atoms with Crippen molar-refractivity contribution in [2.45, 2.75) is 26.3 Å². The summed E-state index contributed by atoms with van der Waals surface area (Å²) >= 11 is 3.38. The van der Waals surface area contributed by atoms with E-state index in [1.807, 2.05) is 13.8 Å². The van der Waals surface area contributed by atoms with Gasteiger partial charge in [0, 0.05) is 18.6 Å². The molecule has 1 amide bonds. The van der Waals surface area contributed by atoms with Gasteiger partial charge in [-0.25, -0.2) is 9.59 Å². The monoisotopic (exact) mass is 411 g/mol. The van der Waals surface area contributed by atoms with Gasteiger partial charge in [0.25, 0.3) is 5.91 Å². The summed E-state index contributed by atoms with van der Waals surface area (Å²) in [5.41, 5.74) is 1.53. The Labute approximate surface area is 154 Å². The third-order valence-electron chi connectivity index (χ3n) is 4.10. The number of benzene rings is 1. The van der Waals surface area contributed by atoms with Crippen molar-refractivity contribution < 1.29 is 14.3 Å². The molecule has 2 rings (SSSR count). The molecule has 136 valence electrons. The molecule has 7 nitrogen and oxygen atoms in total. The van der Waals surface area contributed by atoms with Gasteiger partial charge in [0.05, 0.1) is 23.7 Å². The van der Waals surface area contributed by atoms with Crippen LogP contribution >= 0.6 is 15.9 Å². The number of carbonyl (C=O) groups is 2. The molecule has 8 heteroatoms. The van der Waals surface area contributed by atoms with E-state index in [0.29, 0.717) is 27.5 Å². The van der Waals surface area contributed by atoms with Crippen molar-refractivity contribution in [3.05, 3.63) is 32.7 Å². The maximum Gasteiger partial charge on any atom is 0.328 e. The average Bonchev–Trinajstić information content (AvgIpc) is 2.76. The Morgan fingerprint density at radius 3 is 2.28 bits per heavy atom. The Morgan fingerprint density at radius 2 is 1.76 bits per heavy atom. The number of aryl methyl sites for hydroxylation is 2. The van der Waals surface area contributed by atoms with Gasteiger partial charge in [0.15, 0.2) is 0 Å². The van der Waals surface area contributed by atoms with E-state index in [2.05, 4.69) is 21.2 Å². The van der Waals surface area contributed by atoms with Crippen LogP contribution in [0, 0.1) is 5.92 Å². The molecule has 0 spiro atoms. The quantitative estimate of drug-likeness (QED) is 0.762. The summed E-state index contributed by atoms with van der Waals surface area (Å²) in [6.07, 6.45) is 0.474. The number of rotatable bonds is 5. The fourth-order valence-electron chi connectivity index (χ4n) is 2.76. The van der Waals surface area contributed by atoms with E-state index in [9.17, 15) is 14.4 Å². The van der Waals surface area contributed by atoms with Crippen LogP contribution in [0.2, 0.25) is 0 Å². The molecule has 1 aromatic carbocycles. The molecule has 25 heavy (non-hydrogen) atoms. The van der Waals surface area contributed by atoms with Gasteiger partial charge in [-0.3, -0.25) is 13.9 Å². The van der Waals surface area contributed by atoms with Crippen molar-refractivity contribution in [3.8, 4) is 0 Å². The minimum atomic E-state index is -0.723. The highest BCUT2D eigenvalue weighted by Crippen LogP contribution is 2.24. The minimum absolute atomic E-state index is 0.174. The molecular formula is C17H22BrN3O4. The molecule has 1 aromatic heterocycles. The summed E-state index contributed by atoms with van der Waals surface area (Å²) in [7, 11) is 4.62. The number of halogens is 1. The van der Waals surface area contributed by atoms with Gasteiger partial charge < -0.3 is 10.1 Å². The molecule has 2 aromatic rings. The molecule has 0 bridgehead atoms. The number of carbonyl (C=O) groups excluding carboxylic acids is 2. The summed E-state index contributed by atoms with van der Waals surface area (Å²) < 4.78 is 8.31. The molecule has 0 radical (unpaired) electrons. The first-order valence-electron chi connectivity index (χ1n) is 7.91. The van der Waals surface area contributed by atoms with Gasteiger partial charge in [0.1, 0.15) is 6.04 Å². The van der Waals surface area contributed by atoms with Crippen LogP contribution in [0.15, 0.2) is 21.4 Å². The Morgan fingerprint density at radius 1 is 1.20 bits per heavy atom. The van der Waals surface area contributed by atoms with Crippen LogP contribution in [0.3, 0.4) is 0 Å². The fourth-order valence-corrected chi connectivity index (χ4v) is 3.27. The normalized spacial score (nSPS) is 12.4. The summed E-state index contributed by atoms with van der Waals surface area (Å²) in [4.78, 5) is 36.7. The van der Waals surface area contributed by atoms with Crippen LogP contribution in [-0.2, 0) is 23.6 Å². The largest absolute Gasteiger partial charge is 0.467 e. The third-order valence-corrected chi connectivity index (χ3v) is 4.76. The van der Waals surface area contributed by atoms with Crippen molar-refractivity contribution in [2.75, 3.05) is 7.11 Å². The number of esters is 1. The number of hydrogen-bond donors (Lipinski definition) is 1. The first-order valence-corrected chi connectivity index (χ1v) is 8.70. The van der Waals surface area contributed by atoms with Crippen LogP contribution in [0.4, 0.5) is 0 Å². The van der Waals surface area contributed by atoms with E-state index in [-0.39, 0.29) is 11.6 Å². The lowest BCUT2D eigenvalue weighted by Gasteiger charge is -2.18. The number of amides is 1. The topological polar surface area (TPSA) is 82.3 Å². The summed E-state index contributed by atoms with van der Waals surface area (Å²) in [6.45, 7) is 3.92. The predicted octanol–water partition coefficient (Wildman–Crippen LogP) is 1.96. The predicted molar refractivity (Wildman–Crippen MR) is 98.6 cm³/mol. The van der Waals surface area contributed by atoms with Crippen molar-refractivity contribution in [2.24, 2.45) is 20.0 Å². The summed E-state index contributed by atoms with van der Waals surface area (Å²) in [5, 5.41) is 2.72. The van der Waals surface area contributed by atoms with Crippen LogP contribution in [0.1, 0.15) is 30.6 Å². The van der Waals surface area contributed by atoms with Crippen LogP contribution in [-0.4, -0.2) is 34.2 Å². The fraction of sp³-hybridized carbons (Fsp3) is 0.471. The lowest BCUT2D eigenvalue weighted by Crippen LogP contribution is -2.42. The summed E-state index contributed by atoms with van der Waals surface area (Å²) in [6, 6.07) is 2.64. The zero-order valence-electron chi connectivity index (χ0n) is 14.9. The van der Waals surface area contributed by atoms with Crippen LogP contribution in [0.5, 0.6) is 0 Å². The zero-order valence-corrected chi connectivity index (χ0v) is 16.5. The molecular weight excluding hydrogens is 390 g/mol. The number of aromatic nitrogens is 2. The standard InChI is InChI=1S/C17H22BrN3O4/c1-9(2)6-12(16(23)25-5)19-15(22)10-7-13-14(8-11(10)18)21(4)17(24)20(13)3/h7-9,12H,6H2,1-5H3,(H,19,22). The Balaban J connectivity index is 2.41. The Hall–Kier alpha value is -2.09. The first-order chi connectivity index (χ1) is 11.7. The molecule has 1 heterocycles. The second-order valence-corrected chi connectivity index (χ2v) is 7.25. The first kappa shape index (κ1) is 19.2. The number of imidazole rings is 1. The van der Waals surface area contributed by atoms with E-state index >= 15 is 0 Å².